The molecule has 5 nitrogen and oxygen atoms in total. The van der Waals surface area contributed by atoms with Crippen LogP contribution in [0, 0.1) is 0 Å². The first kappa shape index (κ1) is 32.0. The molecule has 204 valence electrons. The van der Waals surface area contributed by atoms with Gasteiger partial charge in [-0.2, -0.15) is 0 Å². The normalized spacial score (nSPS) is 15.5. The number of carbonyl (C=O) groups is 1. The molecule has 0 N–H and O–H groups in total. The van der Waals surface area contributed by atoms with Crippen molar-refractivity contribution in [2.24, 2.45) is 0 Å². The fraction of sp³-hybridized carbons (Fsp3) is 0.469. The van der Waals surface area contributed by atoms with Crippen molar-refractivity contribution in [1.82, 2.24) is 4.90 Å². The Morgan fingerprint density at radius 1 is 0.973 bits per heavy atom. The summed E-state index contributed by atoms with van der Waals surface area (Å²) in [5.74, 6) is 1.51. The average molecular weight is 510 g/mol. The molecule has 2 atom stereocenters. The predicted molar refractivity (Wildman–Crippen MR) is 154 cm³/mol. The Hall–Kier alpha value is -3.05. The monoisotopic (exact) mass is 509 g/mol. The number of benzene rings is 2. The summed E-state index contributed by atoms with van der Waals surface area (Å²) in [5, 5.41) is 0. The van der Waals surface area contributed by atoms with Crippen LogP contribution in [0.1, 0.15) is 71.0 Å². The Labute approximate surface area is 225 Å². The van der Waals surface area contributed by atoms with Crippen molar-refractivity contribution in [2.45, 2.75) is 71.4 Å². The summed E-state index contributed by atoms with van der Waals surface area (Å²) >= 11 is 0. The first-order chi connectivity index (χ1) is 18.0. The van der Waals surface area contributed by atoms with E-state index in [4.69, 9.17) is 14.2 Å². The first-order valence-electron chi connectivity index (χ1n) is 13.5. The Kier molecular flexibility index (Phi) is 17.3. The molecule has 0 bridgehead atoms. The molecular weight excluding hydrogens is 462 g/mol. The van der Waals surface area contributed by atoms with E-state index in [2.05, 4.69) is 44.0 Å². The van der Waals surface area contributed by atoms with Gasteiger partial charge in [-0.15, -0.1) is 0 Å². The second kappa shape index (κ2) is 20.1. The molecule has 0 radical (unpaired) electrons. The molecule has 1 aliphatic rings. The summed E-state index contributed by atoms with van der Waals surface area (Å²) in [6.45, 7) is 15.1. The first-order valence-corrected chi connectivity index (χ1v) is 13.5. The van der Waals surface area contributed by atoms with Gasteiger partial charge in [0, 0.05) is 13.0 Å². The van der Waals surface area contributed by atoms with Gasteiger partial charge in [-0.05, 0) is 56.1 Å². The van der Waals surface area contributed by atoms with Gasteiger partial charge in [-0.25, -0.2) is 0 Å². The molecule has 2 unspecified atom stereocenters. The molecule has 3 rings (SSSR count). The number of unbranched alkanes of at least 4 members (excludes halogenated alkanes) is 1. The minimum atomic E-state index is -0.138. The highest BCUT2D eigenvalue weighted by atomic mass is 16.5. The Bertz CT molecular complexity index is 858. The zero-order chi connectivity index (χ0) is 27.3. The molecule has 37 heavy (non-hydrogen) atoms. The van der Waals surface area contributed by atoms with E-state index in [1.807, 2.05) is 49.4 Å². The number of hydrogen-bond acceptors (Lipinski definition) is 5. The topological polar surface area (TPSA) is 48.0 Å². The number of esters is 1. The fourth-order valence-electron chi connectivity index (χ4n) is 3.83. The molecule has 2 aromatic rings. The summed E-state index contributed by atoms with van der Waals surface area (Å²) in [6, 6.07) is 17.8. The Morgan fingerprint density at radius 2 is 1.59 bits per heavy atom. The highest BCUT2D eigenvalue weighted by Gasteiger charge is 2.30. The minimum absolute atomic E-state index is 0.0885. The van der Waals surface area contributed by atoms with Crippen LogP contribution in [0.3, 0.4) is 0 Å². The third-order valence-corrected chi connectivity index (χ3v) is 6.03. The van der Waals surface area contributed by atoms with Gasteiger partial charge in [-0.1, -0.05) is 88.8 Å². The lowest BCUT2D eigenvalue weighted by Crippen LogP contribution is -2.46. The van der Waals surface area contributed by atoms with Crippen LogP contribution in [-0.4, -0.2) is 43.7 Å². The zero-order valence-corrected chi connectivity index (χ0v) is 23.4. The van der Waals surface area contributed by atoms with Crippen LogP contribution in [0.4, 0.5) is 0 Å². The Morgan fingerprint density at radius 3 is 2.14 bits per heavy atom. The van der Waals surface area contributed by atoms with Crippen LogP contribution in [0.5, 0.6) is 11.5 Å². The molecule has 1 fully saturated rings. The number of carbonyl (C=O) groups excluding carboxylic acids is 1. The second-order valence-electron chi connectivity index (χ2n) is 8.75. The molecule has 0 spiro atoms. The van der Waals surface area contributed by atoms with Crippen LogP contribution in [0.25, 0.3) is 0 Å². The summed E-state index contributed by atoms with van der Waals surface area (Å²) in [7, 11) is 1.65. The number of allylic oxidation sites excluding steroid dienone is 2. The lowest BCUT2D eigenvalue weighted by Gasteiger charge is -2.34. The molecule has 0 saturated carbocycles. The highest BCUT2D eigenvalue weighted by molar-refractivity contribution is 5.75. The van der Waals surface area contributed by atoms with E-state index in [0.717, 1.165) is 55.8 Å². The van der Waals surface area contributed by atoms with Crippen molar-refractivity contribution >= 4 is 5.97 Å². The number of ether oxygens (including phenoxy) is 3. The number of likely N-dealkylation sites (tertiary alicyclic amines) is 1. The molecule has 0 amide bonds. The standard InChI is InChI=1S/C24H31NO4.C4H10.C4H6/c1-3-28-24(26)22-11-7-8-17-25(22)18-16-23(19-9-5-4-6-10-19)29-21-14-12-20(27-2)13-15-21;2*1-3-4-2/h4-6,9-10,12-15,22-23H,3,7-8,11,16-18H2,1-2H3;3-4H2,1-2H3;3-4H,1-2H2. The largest absolute Gasteiger partial charge is 0.497 e. The number of hydrogen-bond donors (Lipinski definition) is 0. The Balaban J connectivity index is 0.000000751. The van der Waals surface area contributed by atoms with Crippen LogP contribution in [-0.2, 0) is 9.53 Å². The third kappa shape index (κ3) is 12.7. The van der Waals surface area contributed by atoms with Crippen molar-refractivity contribution in [2.75, 3.05) is 26.8 Å². The van der Waals surface area contributed by atoms with E-state index < -0.39 is 0 Å². The summed E-state index contributed by atoms with van der Waals surface area (Å²) in [4.78, 5) is 14.6. The van der Waals surface area contributed by atoms with Crippen LogP contribution < -0.4 is 9.47 Å². The van der Waals surface area contributed by atoms with Gasteiger partial charge in [-0.3, -0.25) is 9.69 Å². The van der Waals surface area contributed by atoms with Gasteiger partial charge in [0.15, 0.2) is 0 Å². The summed E-state index contributed by atoms with van der Waals surface area (Å²) in [6.07, 6.45) is 9.69. The van der Waals surface area contributed by atoms with Gasteiger partial charge in [0.1, 0.15) is 23.6 Å². The van der Waals surface area contributed by atoms with Crippen molar-refractivity contribution in [1.29, 1.82) is 0 Å². The minimum Gasteiger partial charge on any atom is -0.497 e. The maximum absolute atomic E-state index is 12.4. The average Bonchev–Trinajstić information content (AvgIpc) is 2.96. The van der Waals surface area contributed by atoms with Crippen LogP contribution in [0.15, 0.2) is 79.9 Å². The van der Waals surface area contributed by atoms with Gasteiger partial charge < -0.3 is 14.2 Å². The molecule has 1 heterocycles. The van der Waals surface area contributed by atoms with Crippen molar-refractivity contribution in [3.63, 3.8) is 0 Å². The van der Waals surface area contributed by atoms with Crippen LogP contribution >= 0.6 is 0 Å². The fourth-order valence-corrected chi connectivity index (χ4v) is 3.83. The number of methoxy groups -OCH3 is 1. The SMILES string of the molecule is C=CC=C.CCCC.CCOC(=O)C1CCCCN1CCC(Oc1ccc(OC)cc1)c1ccccc1. The third-order valence-electron chi connectivity index (χ3n) is 6.03. The summed E-state index contributed by atoms with van der Waals surface area (Å²) < 4.78 is 16.9. The van der Waals surface area contributed by atoms with E-state index in [9.17, 15) is 4.79 Å². The molecule has 0 aromatic heterocycles. The van der Waals surface area contributed by atoms with E-state index >= 15 is 0 Å². The van der Waals surface area contributed by atoms with Crippen molar-refractivity contribution in [3.05, 3.63) is 85.5 Å². The number of rotatable bonds is 11. The van der Waals surface area contributed by atoms with Gasteiger partial charge in [0.25, 0.3) is 0 Å². The zero-order valence-electron chi connectivity index (χ0n) is 23.4. The van der Waals surface area contributed by atoms with Gasteiger partial charge in [0.05, 0.1) is 13.7 Å². The second-order valence-corrected chi connectivity index (χ2v) is 8.75. The highest BCUT2D eigenvalue weighted by Crippen LogP contribution is 2.28. The molecule has 2 aromatic carbocycles. The summed E-state index contributed by atoms with van der Waals surface area (Å²) in [5.41, 5.74) is 1.13. The smallest absolute Gasteiger partial charge is 0.323 e. The van der Waals surface area contributed by atoms with E-state index in [-0.39, 0.29) is 18.1 Å². The number of nitrogens with zero attached hydrogens (tertiary/aromatic N) is 1. The van der Waals surface area contributed by atoms with Crippen molar-refractivity contribution in [3.8, 4) is 11.5 Å². The lowest BCUT2D eigenvalue weighted by atomic mass is 10.00. The van der Waals surface area contributed by atoms with Gasteiger partial charge in [0.2, 0.25) is 0 Å². The van der Waals surface area contributed by atoms with Gasteiger partial charge >= 0.3 is 5.97 Å². The van der Waals surface area contributed by atoms with E-state index in [1.165, 1.54) is 12.8 Å². The van der Waals surface area contributed by atoms with Crippen LogP contribution in [0.2, 0.25) is 0 Å². The lowest BCUT2D eigenvalue weighted by molar-refractivity contribution is -0.151. The van der Waals surface area contributed by atoms with E-state index in [0.29, 0.717) is 6.61 Å². The number of piperidine rings is 1. The van der Waals surface area contributed by atoms with Crippen molar-refractivity contribution < 1.29 is 19.0 Å². The maximum Gasteiger partial charge on any atom is 0.323 e. The quantitative estimate of drug-likeness (QED) is 0.229. The molecule has 5 heteroatoms. The molecule has 1 aliphatic heterocycles. The molecule has 1 saturated heterocycles. The predicted octanol–water partition coefficient (Wildman–Crippen LogP) is 7.79. The maximum atomic E-state index is 12.4. The molecular formula is C32H47NO4. The molecule has 0 aliphatic carbocycles. The van der Waals surface area contributed by atoms with E-state index in [1.54, 1.807) is 19.3 Å².